The van der Waals surface area contributed by atoms with Crippen LogP contribution in [0.5, 0.6) is 0 Å². The number of benzene rings is 1. The van der Waals surface area contributed by atoms with Gasteiger partial charge < -0.3 is 16.4 Å². The van der Waals surface area contributed by atoms with Gasteiger partial charge in [0.05, 0.1) is 4.90 Å². The third-order valence-corrected chi connectivity index (χ3v) is 2.57. The van der Waals surface area contributed by atoms with Gasteiger partial charge in [-0.3, -0.25) is 9.96 Å². The minimum Gasteiger partial charge on any atom is -0.370 e. The second-order valence-electron chi connectivity index (χ2n) is 3.54. The Labute approximate surface area is 112 Å². The third-order valence-electron chi connectivity index (χ3n) is 1.70. The summed E-state index contributed by atoms with van der Waals surface area (Å²) in [4.78, 5) is 4.88. The molecule has 0 atom stereocenters. The monoisotopic (exact) mass is 287 g/mol. The third kappa shape index (κ3) is 7.73. The van der Waals surface area contributed by atoms with Crippen LogP contribution in [0.15, 0.2) is 40.2 Å². The van der Waals surface area contributed by atoms with Crippen LogP contribution in [0.4, 0.5) is 0 Å². The molecule has 106 valence electrons. The highest BCUT2D eigenvalue weighted by Gasteiger charge is 2.05. The van der Waals surface area contributed by atoms with Crippen molar-refractivity contribution in [1.29, 1.82) is 5.41 Å². The SMILES string of the molecule is CN(C)C(=N)N=C(N)N.O=S(=O)(O)c1ccccc1. The van der Waals surface area contributed by atoms with Gasteiger partial charge in [-0.1, -0.05) is 18.2 Å². The lowest BCUT2D eigenvalue weighted by atomic mass is 10.4. The highest BCUT2D eigenvalue weighted by molar-refractivity contribution is 7.85. The van der Waals surface area contributed by atoms with E-state index in [2.05, 4.69) is 4.99 Å². The van der Waals surface area contributed by atoms with Crippen LogP contribution in [0.2, 0.25) is 0 Å². The average Bonchev–Trinajstić information content (AvgIpc) is 2.29. The fourth-order valence-electron chi connectivity index (χ4n) is 0.815. The predicted molar refractivity (Wildman–Crippen MR) is 73.5 cm³/mol. The molecule has 0 radical (unpaired) electrons. The molecule has 0 saturated carbocycles. The highest BCUT2D eigenvalue weighted by Crippen LogP contribution is 2.05. The number of nitrogens with two attached hydrogens (primary N) is 2. The fraction of sp³-hybridized carbons (Fsp3) is 0.200. The van der Waals surface area contributed by atoms with Crippen LogP contribution in [0, 0.1) is 5.41 Å². The van der Waals surface area contributed by atoms with Crippen molar-refractivity contribution in [1.82, 2.24) is 4.90 Å². The van der Waals surface area contributed by atoms with Crippen molar-refractivity contribution in [3.05, 3.63) is 30.3 Å². The van der Waals surface area contributed by atoms with E-state index in [4.69, 9.17) is 21.4 Å². The van der Waals surface area contributed by atoms with Gasteiger partial charge in [0.1, 0.15) is 0 Å². The van der Waals surface area contributed by atoms with Gasteiger partial charge in [0.2, 0.25) is 5.96 Å². The van der Waals surface area contributed by atoms with E-state index >= 15 is 0 Å². The van der Waals surface area contributed by atoms with Gasteiger partial charge in [0, 0.05) is 14.1 Å². The Kier molecular flexibility index (Phi) is 6.51. The molecule has 0 spiro atoms. The molecule has 19 heavy (non-hydrogen) atoms. The standard InChI is InChI=1S/C6H6O3S.C4H11N5/c7-10(8,9)6-4-2-1-3-5-6;1-9(2)4(7)8-3(5)6/h1-5H,(H,7,8,9);1-2H3,(H5,5,6,7,8). The number of rotatable bonds is 1. The van der Waals surface area contributed by atoms with Crippen LogP contribution in [0.3, 0.4) is 0 Å². The fourth-order valence-corrected chi connectivity index (χ4v) is 1.32. The summed E-state index contributed by atoms with van der Waals surface area (Å²) in [6.07, 6.45) is 0. The molecular formula is C10H17N5O3S. The summed E-state index contributed by atoms with van der Waals surface area (Å²) in [5.41, 5.74) is 9.98. The van der Waals surface area contributed by atoms with Gasteiger partial charge >= 0.3 is 0 Å². The molecular weight excluding hydrogens is 270 g/mol. The predicted octanol–water partition coefficient (Wildman–Crippen LogP) is -0.311. The van der Waals surface area contributed by atoms with Crippen molar-refractivity contribution >= 4 is 22.0 Å². The number of guanidine groups is 2. The lowest BCUT2D eigenvalue weighted by Crippen LogP contribution is -2.28. The van der Waals surface area contributed by atoms with Crippen LogP contribution in [0.1, 0.15) is 0 Å². The van der Waals surface area contributed by atoms with Gasteiger partial charge in [-0.25, -0.2) is 0 Å². The first kappa shape index (κ1) is 16.9. The lowest BCUT2D eigenvalue weighted by molar-refractivity contribution is 0.483. The molecule has 0 saturated heterocycles. The molecule has 1 aromatic rings. The van der Waals surface area contributed by atoms with Crippen molar-refractivity contribution < 1.29 is 13.0 Å². The maximum Gasteiger partial charge on any atom is 0.294 e. The molecule has 1 aromatic carbocycles. The molecule has 6 N–H and O–H groups in total. The first-order valence-electron chi connectivity index (χ1n) is 5.02. The Morgan fingerprint density at radius 3 is 1.95 bits per heavy atom. The van der Waals surface area contributed by atoms with E-state index in [1.165, 1.54) is 17.0 Å². The molecule has 9 heteroatoms. The molecule has 0 bridgehead atoms. The average molecular weight is 287 g/mol. The van der Waals surface area contributed by atoms with E-state index < -0.39 is 10.1 Å². The maximum atomic E-state index is 10.4. The van der Waals surface area contributed by atoms with Gasteiger partial charge in [-0.15, -0.1) is 0 Å². The molecule has 0 aliphatic heterocycles. The maximum absolute atomic E-state index is 10.4. The summed E-state index contributed by atoms with van der Waals surface area (Å²) >= 11 is 0. The van der Waals surface area contributed by atoms with E-state index in [1.54, 1.807) is 32.3 Å². The Hall–Kier alpha value is -2.13. The van der Waals surface area contributed by atoms with Crippen LogP contribution < -0.4 is 11.5 Å². The molecule has 0 aromatic heterocycles. The van der Waals surface area contributed by atoms with Crippen molar-refractivity contribution in [3.63, 3.8) is 0 Å². The normalized spacial score (nSPS) is 9.84. The number of aliphatic imine (C=N–C) groups is 1. The van der Waals surface area contributed by atoms with Gasteiger partial charge in [0.15, 0.2) is 5.96 Å². The largest absolute Gasteiger partial charge is 0.370 e. The first-order valence-corrected chi connectivity index (χ1v) is 6.46. The van der Waals surface area contributed by atoms with Crippen LogP contribution in [0.25, 0.3) is 0 Å². The van der Waals surface area contributed by atoms with Crippen molar-refractivity contribution in [2.24, 2.45) is 16.5 Å². The highest BCUT2D eigenvalue weighted by atomic mass is 32.2. The van der Waals surface area contributed by atoms with Gasteiger partial charge in [-0.05, 0) is 12.1 Å². The van der Waals surface area contributed by atoms with Crippen LogP contribution in [-0.2, 0) is 10.1 Å². The van der Waals surface area contributed by atoms with Crippen LogP contribution >= 0.6 is 0 Å². The summed E-state index contributed by atoms with van der Waals surface area (Å²) in [7, 11) is -0.624. The molecule has 0 unspecified atom stereocenters. The number of hydrogen-bond acceptors (Lipinski definition) is 3. The van der Waals surface area contributed by atoms with Crippen molar-refractivity contribution in [2.45, 2.75) is 4.90 Å². The van der Waals surface area contributed by atoms with E-state index in [9.17, 15) is 8.42 Å². The van der Waals surface area contributed by atoms with E-state index in [-0.39, 0.29) is 16.8 Å². The minimum atomic E-state index is -4.00. The minimum absolute atomic E-state index is 0.0509. The Bertz CT molecular complexity index is 536. The number of nitrogens with zero attached hydrogens (tertiary/aromatic N) is 2. The van der Waals surface area contributed by atoms with Crippen molar-refractivity contribution in [2.75, 3.05) is 14.1 Å². The Morgan fingerprint density at radius 1 is 1.26 bits per heavy atom. The Morgan fingerprint density at radius 2 is 1.74 bits per heavy atom. The molecule has 1 rings (SSSR count). The van der Waals surface area contributed by atoms with Crippen LogP contribution in [-0.4, -0.2) is 43.9 Å². The second kappa shape index (κ2) is 7.34. The van der Waals surface area contributed by atoms with E-state index in [0.717, 1.165) is 0 Å². The van der Waals surface area contributed by atoms with Crippen molar-refractivity contribution in [3.8, 4) is 0 Å². The molecule has 0 amide bonds. The summed E-state index contributed by atoms with van der Waals surface area (Å²) in [5, 5.41) is 7.05. The first-order chi connectivity index (χ1) is 8.64. The number of nitrogens with one attached hydrogen (secondary N) is 1. The Balaban J connectivity index is 0.000000344. The molecule has 8 nitrogen and oxygen atoms in total. The molecule has 0 heterocycles. The lowest BCUT2D eigenvalue weighted by Gasteiger charge is -2.07. The topological polar surface area (TPSA) is 146 Å². The summed E-state index contributed by atoms with van der Waals surface area (Å²) in [6.45, 7) is 0. The summed E-state index contributed by atoms with van der Waals surface area (Å²) in [5.74, 6) is -0.0382. The molecule has 0 fully saturated rings. The summed E-state index contributed by atoms with van der Waals surface area (Å²) < 4.78 is 29.2. The van der Waals surface area contributed by atoms with Gasteiger partial charge in [-0.2, -0.15) is 13.4 Å². The zero-order chi connectivity index (χ0) is 15.1. The smallest absolute Gasteiger partial charge is 0.294 e. The van der Waals surface area contributed by atoms with E-state index in [1.807, 2.05) is 0 Å². The zero-order valence-electron chi connectivity index (χ0n) is 10.6. The number of hydrogen-bond donors (Lipinski definition) is 4. The molecule has 0 aliphatic rings. The quantitative estimate of drug-likeness (QED) is 0.316. The molecule has 0 aliphatic carbocycles. The second-order valence-corrected chi connectivity index (χ2v) is 4.96. The van der Waals surface area contributed by atoms with E-state index in [0.29, 0.717) is 0 Å². The zero-order valence-corrected chi connectivity index (χ0v) is 11.4. The van der Waals surface area contributed by atoms with Gasteiger partial charge in [0.25, 0.3) is 10.1 Å². The summed E-state index contributed by atoms with van der Waals surface area (Å²) in [6, 6.07) is 7.42.